The Balaban J connectivity index is 1.56. The summed E-state index contributed by atoms with van der Waals surface area (Å²) in [4.78, 5) is 19.4. The first-order valence-corrected chi connectivity index (χ1v) is 9.42. The first-order chi connectivity index (χ1) is 13.0. The van der Waals surface area contributed by atoms with Crippen molar-refractivity contribution in [1.82, 2.24) is 19.6 Å². The number of aryl methyl sites for hydroxylation is 1. The van der Waals surface area contributed by atoms with Crippen molar-refractivity contribution in [2.75, 3.05) is 6.54 Å². The van der Waals surface area contributed by atoms with Gasteiger partial charge in [0.05, 0.1) is 6.04 Å². The largest absolute Gasteiger partial charge is 0.361 e. The number of hydrogen-bond acceptors (Lipinski definition) is 4. The molecule has 1 unspecified atom stereocenters. The zero-order chi connectivity index (χ0) is 19.0. The Morgan fingerprint density at radius 1 is 1.26 bits per heavy atom. The lowest BCUT2D eigenvalue weighted by molar-refractivity contribution is 0.0731. The molecule has 27 heavy (non-hydrogen) atoms. The van der Waals surface area contributed by atoms with Crippen LogP contribution in [0.25, 0.3) is 11.4 Å². The maximum absolute atomic E-state index is 13.1. The molecule has 0 saturated carbocycles. The molecule has 1 saturated heterocycles. The number of rotatable bonds is 4. The molecule has 1 aromatic carbocycles. The topological polar surface area (TPSA) is 64.2 Å². The highest BCUT2D eigenvalue weighted by Crippen LogP contribution is 2.33. The van der Waals surface area contributed by atoms with Crippen LogP contribution in [0.4, 0.5) is 0 Å². The van der Waals surface area contributed by atoms with Crippen molar-refractivity contribution in [3.63, 3.8) is 0 Å². The molecule has 1 aliphatic rings. The molecule has 140 valence electrons. The zero-order valence-corrected chi connectivity index (χ0v) is 15.9. The van der Waals surface area contributed by atoms with Crippen LogP contribution in [-0.2, 0) is 0 Å². The lowest BCUT2D eigenvalue weighted by Gasteiger charge is -2.23. The minimum atomic E-state index is -0.00512. The summed E-state index contributed by atoms with van der Waals surface area (Å²) in [6, 6.07) is 9.97. The van der Waals surface area contributed by atoms with E-state index in [0.717, 1.165) is 42.2 Å². The Morgan fingerprint density at radius 3 is 2.70 bits per heavy atom. The highest BCUT2D eigenvalue weighted by Gasteiger charge is 2.32. The quantitative estimate of drug-likeness (QED) is 0.688. The molecule has 1 atom stereocenters. The van der Waals surface area contributed by atoms with Gasteiger partial charge in [-0.1, -0.05) is 17.3 Å². The van der Waals surface area contributed by atoms with E-state index in [2.05, 4.69) is 28.6 Å². The summed E-state index contributed by atoms with van der Waals surface area (Å²) >= 11 is 0. The van der Waals surface area contributed by atoms with Crippen LogP contribution in [0.5, 0.6) is 0 Å². The number of aromatic nitrogens is 3. The van der Waals surface area contributed by atoms with Crippen molar-refractivity contribution in [3.8, 4) is 11.4 Å². The SMILES string of the molecule is Cc1cc(C2CCCN2C(=O)c2ccc(-c3nccn3C(C)C)cc2)no1. The smallest absolute Gasteiger partial charge is 0.254 e. The molecule has 1 aliphatic heterocycles. The number of amides is 1. The van der Waals surface area contributed by atoms with Gasteiger partial charge >= 0.3 is 0 Å². The van der Waals surface area contributed by atoms with Crippen molar-refractivity contribution < 1.29 is 9.32 Å². The van der Waals surface area contributed by atoms with Gasteiger partial charge in [0.2, 0.25) is 0 Å². The minimum absolute atomic E-state index is 0.00512. The van der Waals surface area contributed by atoms with Crippen molar-refractivity contribution in [2.24, 2.45) is 0 Å². The monoisotopic (exact) mass is 364 g/mol. The van der Waals surface area contributed by atoms with Crippen LogP contribution in [0.1, 0.15) is 60.6 Å². The fourth-order valence-electron chi connectivity index (χ4n) is 3.74. The Labute approximate surface area is 158 Å². The molecule has 6 heteroatoms. The molecule has 1 amide bonds. The van der Waals surface area contributed by atoms with Crippen molar-refractivity contribution >= 4 is 5.91 Å². The van der Waals surface area contributed by atoms with Crippen LogP contribution in [0.2, 0.25) is 0 Å². The highest BCUT2D eigenvalue weighted by atomic mass is 16.5. The van der Waals surface area contributed by atoms with Gasteiger partial charge in [-0.05, 0) is 45.7 Å². The molecule has 2 aromatic heterocycles. The molecule has 3 heterocycles. The minimum Gasteiger partial charge on any atom is -0.361 e. The second kappa shape index (κ2) is 7.02. The van der Waals surface area contributed by atoms with E-state index in [-0.39, 0.29) is 11.9 Å². The first-order valence-electron chi connectivity index (χ1n) is 9.42. The van der Waals surface area contributed by atoms with E-state index in [9.17, 15) is 4.79 Å². The van der Waals surface area contributed by atoms with Crippen LogP contribution >= 0.6 is 0 Å². The fraction of sp³-hybridized carbons (Fsp3) is 0.381. The molecule has 4 rings (SSSR count). The Hall–Kier alpha value is -2.89. The van der Waals surface area contributed by atoms with Crippen molar-refractivity contribution in [1.29, 1.82) is 0 Å². The molecule has 0 spiro atoms. The first kappa shape index (κ1) is 17.5. The van der Waals surface area contributed by atoms with Gasteiger partial charge in [-0.3, -0.25) is 4.79 Å². The molecule has 6 nitrogen and oxygen atoms in total. The van der Waals surface area contributed by atoms with Gasteiger partial charge in [-0.2, -0.15) is 0 Å². The number of hydrogen-bond donors (Lipinski definition) is 0. The van der Waals surface area contributed by atoms with Crippen molar-refractivity contribution in [2.45, 2.75) is 45.7 Å². The van der Waals surface area contributed by atoms with Crippen LogP contribution < -0.4 is 0 Å². The summed E-state index contributed by atoms with van der Waals surface area (Å²) in [7, 11) is 0. The molecule has 0 aliphatic carbocycles. The predicted octanol–water partition coefficient (Wildman–Crippen LogP) is 4.40. The van der Waals surface area contributed by atoms with E-state index < -0.39 is 0 Å². The van der Waals surface area contributed by atoms with E-state index in [1.54, 1.807) is 0 Å². The second-order valence-corrected chi connectivity index (χ2v) is 7.35. The number of benzene rings is 1. The van der Waals surface area contributed by atoms with E-state index >= 15 is 0 Å². The fourth-order valence-corrected chi connectivity index (χ4v) is 3.74. The third-order valence-electron chi connectivity index (χ3n) is 5.12. The molecule has 3 aromatic rings. The average molecular weight is 364 g/mol. The van der Waals surface area contributed by atoms with E-state index in [1.165, 1.54) is 0 Å². The normalized spacial score (nSPS) is 17.0. The van der Waals surface area contributed by atoms with E-state index in [0.29, 0.717) is 11.6 Å². The third kappa shape index (κ3) is 3.27. The molecule has 0 radical (unpaired) electrons. The molecule has 0 bridgehead atoms. The van der Waals surface area contributed by atoms with Gasteiger partial charge < -0.3 is 14.0 Å². The number of carbonyl (C=O) groups excluding carboxylic acids is 1. The molecule has 1 fully saturated rings. The summed E-state index contributed by atoms with van der Waals surface area (Å²) in [5.74, 6) is 1.73. The summed E-state index contributed by atoms with van der Waals surface area (Å²) in [5.41, 5.74) is 2.54. The van der Waals surface area contributed by atoms with Crippen LogP contribution in [0, 0.1) is 6.92 Å². The van der Waals surface area contributed by atoms with E-state index in [1.807, 2.05) is 54.5 Å². The van der Waals surface area contributed by atoms with Crippen LogP contribution in [0.15, 0.2) is 47.2 Å². The zero-order valence-electron chi connectivity index (χ0n) is 15.9. The average Bonchev–Trinajstić information content (AvgIpc) is 3.40. The highest BCUT2D eigenvalue weighted by molar-refractivity contribution is 5.95. The van der Waals surface area contributed by atoms with Gasteiger partial charge in [-0.15, -0.1) is 0 Å². The summed E-state index contributed by atoms with van der Waals surface area (Å²) in [5, 5.41) is 4.12. The molecular weight excluding hydrogens is 340 g/mol. The van der Waals surface area contributed by atoms with Gasteiger partial charge in [0.15, 0.2) is 0 Å². The maximum Gasteiger partial charge on any atom is 0.254 e. The maximum atomic E-state index is 13.1. The van der Waals surface area contributed by atoms with Gasteiger partial charge in [0.1, 0.15) is 17.3 Å². The number of imidazole rings is 1. The Morgan fingerprint density at radius 2 is 2.04 bits per heavy atom. The second-order valence-electron chi connectivity index (χ2n) is 7.35. The lowest BCUT2D eigenvalue weighted by atomic mass is 10.1. The van der Waals surface area contributed by atoms with Crippen molar-refractivity contribution in [3.05, 3.63) is 59.7 Å². The summed E-state index contributed by atoms with van der Waals surface area (Å²) in [6.07, 6.45) is 5.69. The molecular formula is C21H24N4O2. The predicted molar refractivity (Wildman–Crippen MR) is 102 cm³/mol. The Bertz CT molecular complexity index is 939. The van der Waals surface area contributed by atoms with Crippen LogP contribution in [-0.4, -0.2) is 32.1 Å². The van der Waals surface area contributed by atoms with Crippen LogP contribution in [0.3, 0.4) is 0 Å². The van der Waals surface area contributed by atoms with E-state index in [4.69, 9.17) is 4.52 Å². The Kier molecular flexibility index (Phi) is 4.56. The summed E-state index contributed by atoms with van der Waals surface area (Å²) in [6.45, 7) is 6.87. The van der Waals surface area contributed by atoms with Gasteiger partial charge in [-0.25, -0.2) is 4.98 Å². The van der Waals surface area contributed by atoms with Gasteiger partial charge in [0, 0.05) is 42.2 Å². The number of nitrogens with zero attached hydrogens (tertiary/aromatic N) is 4. The molecule has 0 N–H and O–H groups in total. The third-order valence-corrected chi connectivity index (χ3v) is 5.12. The lowest BCUT2D eigenvalue weighted by Crippen LogP contribution is -2.30. The van der Waals surface area contributed by atoms with Gasteiger partial charge in [0.25, 0.3) is 5.91 Å². The number of likely N-dealkylation sites (tertiary alicyclic amines) is 1. The number of carbonyl (C=O) groups is 1. The summed E-state index contributed by atoms with van der Waals surface area (Å²) < 4.78 is 7.33. The standard InChI is InChI=1S/C21H24N4O2/c1-14(2)24-12-10-22-20(24)16-6-8-17(9-7-16)21(26)25-11-4-5-19(25)18-13-15(3)27-23-18/h6-10,12-14,19H,4-5,11H2,1-3H3.